The summed E-state index contributed by atoms with van der Waals surface area (Å²) in [6, 6.07) is 0. The highest BCUT2D eigenvalue weighted by Crippen LogP contribution is 2.65. The molecule has 0 unspecified atom stereocenters. The second kappa shape index (κ2) is 5.11. The summed E-state index contributed by atoms with van der Waals surface area (Å²) in [5, 5.41) is 11.5. The number of aliphatic hydroxyl groups is 1. The van der Waals surface area contributed by atoms with E-state index in [1.807, 2.05) is 0 Å². The zero-order valence-electron chi connectivity index (χ0n) is 13.8. The van der Waals surface area contributed by atoms with Gasteiger partial charge in [-0.1, -0.05) is 24.4 Å². The Balaban J connectivity index is 1.67. The van der Waals surface area contributed by atoms with Crippen molar-refractivity contribution < 1.29 is 9.90 Å². The number of hydrogen-bond acceptors (Lipinski definition) is 2. The number of allylic oxidation sites excluding steroid dienone is 1. The minimum atomic E-state index is -0.932. The number of carbonyl (C=O) groups is 1. The molecule has 2 nitrogen and oxygen atoms in total. The first-order valence-electron chi connectivity index (χ1n) is 9.03. The molecule has 3 heteroatoms. The Hall–Kier alpha value is -0.780. The average Bonchev–Trinajstić information content (AvgIpc) is 2.83. The minimum absolute atomic E-state index is 0.139. The molecule has 0 aromatic carbocycles. The van der Waals surface area contributed by atoms with Gasteiger partial charge in [-0.3, -0.25) is 4.79 Å². The molecule has 4 aliphatic carbocycles. The first kappa shape index (κ1) is 15.7. The number of fused-ring (bicyclic) bond motifs is 5. The number of Topliss-reactive ketones (excluding diaryl/α,β-unsaturated/α-hetero) is 1. The average molecular weight is 333 g/mol. The Labute approximate surface area is 143 Å². The molecular weight excluding hydrogens is 308 g/mol. The van der Waals surface area contributed by atoms with E-state index >= 15 is 0 Å². The summed E-state index contributed by atoms with van der Waals surface area (Å²) < 4.78 is 0. The SMILES string of the molecule is C#C[C@]1(O)CC[C@@H]2[C@@H]3CCC4=C(Cl)C(=O)CC[C@@H]4[C@H]3CC[C@@]21C. The maximum atomic E-state index is 11.9. The van der Waals surface area contributed by atoms with Gasteiger partial charge in [-0.15, -0.1) is 6.42 Å². The standard InChI is InChI=1S/C20H25ClO2/c1-3-20(23)11-9-16-14-4-5-15-12(6-7-17(22)18(15)21)13(14)8-10-19(16,20)2/h1,12-14,16,23H,4-11H2,2H3/t12-,13-,14-,16-,19+,20+/m1/s1. The molecule has 0 bridgehead atoms. The Morgan fingerprint density at radius 1 is 1.17 bits per heavy atom. The lowest BCUT2D eigenvalue weighted by atomic mass is 9.50. The Bertz CT molecular complexity index is 630. The smallest absolute Gasteiger partial charge is 0.174 e. The second-order valence-corrected chi connectivity index (χ2v) is 8.76. The Kier molecular flexibility index (Phi) is 3.49. The van der Waals surface area contributed by atoms with Gasteiger partial charge in [-0.05, 0) is 74.2 Å². The summed E-state index contributed by atoms with van der Waals surface area (Å²) >= 11 is 6.34. The number of rotatable bonds is 0. The van der Waals surface area contributed by atoms with Gasteiger partial charge in [0.15, 0.2) is 5.78 Å². The first-order valence-corrected chi connectivity index (χ1v) is 9.41. The molecule has 124 valence electrons. The number of hydrogen-bond donors (Lipinski definition) is 1. The topological polar surface area (TPSA) is 37.3 Å². The van der Waals surface area contributed by atoms with Crippen LogP contribution in [0.2, 0.25) is 0 Å². The maximum absolute atomic E-state index is 11.9. The predicted octanol–water partition coefficient (Wildman–Crippen LogP) is 4.06. The van der Waals surface area contributed by atoms with E-state index in [0.29, 0.717) is 35.1 Å². The summed E-state index contributed by atoms with van der Waals surface area (Å²) in [7, 11) is 0. The zero-order chi connectivity index (χ0) is 16.4. The number of halogens is 1. The van der Waals surface area contributed by atoms with Crippen molar-refractivity contribution in [3.8, 4) is 12.3 Å². The highest BCUT2D eigenvalue weighted by atomic mass is 35.5. The molecule has 23 heavy (non-hydrogen) atoms. The molecule has 0 aromatic rings. The van der Waals surface area contributed by atoms with Crippen LogP contribution in [0.1, 0.15) is 58.3 Å². The molecule has 0 saturated heterocycles. The lowest BCUT2D eigenvalue weighted by Crippen LogP contribution is -2.52. The fraction of sp³-hybridized carbons (Fsp3) is 0.750. The van der Waals surface area contributed by atoms with E-state index in [1.54, 1.807) is 0 Å². The van der Waals surface area contributed by atoms with E-state index in [-0.39, 0.29) is 11.2 Å². The minimum Gasteiger partial charge on any atom is -0.377 e. The van der Waals surface area contributed by atoms with Crippen molar-refractivity contribution in [2.75, 3.05) is 0 Å². The molecule has 0 spiro atoms. The fourth-order valence-electron chi connectivity index (χ4n) is 6.49. The maximum Gasteiger partial charge on any atom is 0.174 e. The molecule has 3 fully saturated rings. The molecule has 0 amide bonds. The summed E-state index contributed by atoms with van der Waals surface area (Å²) in [5.74, 6) is 5.12. The first-order chi connectivity index (χ1) is 10.9. The highest BCUT2D eigenvalue weighted by molar-refractivity contribution is 6.43. The Morgan fingerprint density at radius 2 is 1.96 bits per heavy atom. The monoisotopic (exact) mass is 332 g/mol. The largest absolute Gasteiger partial charge is 0.377 e. The van der Waals surface area contributed by atoms with Crippen LogP contribution in [-0.4, -0.2) is 16.5 Å². The van der Waals surface area contributed by atoms with Crippen LogP contribution in [-0.2, 0) is 4.79 Å². The van der Waals surface area contributed by atoms with Gasteiger partial charge in [0.1, 0.15) is 5.60 Å². The lowest BCUT2D eigenvalue weighted by molar-refractivity contribution is -0.117. The van der Waals surface area contributed by atoms with E-state index in [1.165, 1.54) is 5.57 Å². The van der Waals surface area contributed by atoms with Gasteiger partial charge < -0.3 is 5.11 Å². The Morgan fingerprint density at radius 3 is 2.70 bits per heavy atom. The van der Waals surface area contributed by atoms with Crippen LogP contribution >= 0.6 is 11.6 Å². The molecule has 4 rings (SSSR count). The van der Waals surface area contributed by atoms with Crippen LogP contribution in [0.25, 0.3) is 0 Å². The van der Waals surface area contributed by atoms with E-state index in [9.17, 15) is 9.90 Å². The van der Waals surface area contributed by atoms with Crippen molar-refractivity contribution in [2.45, 2.75) is 63.9 Å². The summed E-state index contributed by atoms with van der Waals surface area (Å²) in [4.78, 5) is 11.9. The van der Waals surface area contributed by atoms with Crippen molar-refractivity contribution in [3.05, 3.63) is 10.6 Å². The zero-order valence-corrected chi connectivity index (χ0v) is 14.5. The lowest BCUT2D eigenvalue weighted by Gasteiger charge is -2.54. The van der Waals surface area contributed by atoms with Crippen LogP contribution in [0, 0.1) is 41.4 Å². The molecule has 0 aliphatic heterocycles. The molecule has 0 radical (unpaired) electrons. The van der Waals surface area contributed by atoms with Gasteiger partial charge in [0.2, 0.25) is 0 Å². The van der Waals surface area contributed by atoms with Crippen LogP contribution in [0.3, 0.4) is 0 Å². The van der Waals surface area contributed by atoms with Crippen molar-refractivity contribution in [2.24, 2.45) is 29.1 Å². The molecule has 1 N–H and O–H groups in total. The van der Waals surface area contributed by atoms with Gasteiger partial charge >= 0.3 is 0 Å². The molecule has 0 aromatic heterocycles. The number of terminal acetylenes is 1. The summed E-state index contributed by atoms with van der Waals surface area (Å²) in [6.45, 7) is 2.21. The summed E-state index contributed by atoms with van der Waals surface area (Å²) in [6.07, 6.45) is 13.2. The van der Waals surface area contributed by atoms with Crippen LogP contribution < -0.4 is 0 Å². The van der Waals surface area contributed by atoms with Crippen molar-refractivity contribution >= 4 is 17.4 Å². The molecule has 6 atom stereocenters. The van der Waals surface area contributed by atoms with E-state index in [0.717, 1.165) is 44.9 Å². The third-order valence-electron chi connectivity index (χ3n) is 7.80. The predicted molar refractivity (Wildman–Crippen MR) is 90.7 cm³/mol. The van der Waals surface area contributed by atoms with E-state index in [4.69, 9.17) is 18.0 Å². The van der Waals surface area contributed by atoms with Crippen molar-refractivity contribution in [3.63, 3.8) is 0 Å². The van der Waals surface area contributed by atoms with Crippen molar-refractivity contribution in [1.82, 2.24) is 0 Å². The molecular formula is C20H25ClO2. The van der Waals surface area contributed by atoms with Gasteiger partial charge in [-0.2, -0.15) is 0 Å². The van der Waals surface area contributed by atoms with Gasteiger partial charge in [-0.25, -0.2) is 0 Å². The molecule has 0 heterocycles. The quantitative estimate of drug-likeness (QED) is 0.679. The third kappa shape index (κ3) is 1.96. The van der Waals surface area contributed by atoms with Gasteiger partial charge in [0.05, 0.1) is 5.03 Å². The molecule has 3 saturated carbocycles. The van der Waals surface area contributed by atoms with Crippen molar-refractivity contribution in [1.29, 1.82) is 0 Å². The normalized spacial score (nSPS) is 49.2. The second-order valence-electron chi connectivity index (χ2n) is 8.38. The van der Waals surface area contributed by atoms with Crippen LogP contribution in [0.15, 0.2) is 10.6 Å². The summed E-state index contributed by atoms with van der Waals surface area (Å²) in [5.41, 5.74) is 0.162. The highest BCUT2D eigenvalue weighted by Gasteiger charge is 2.62. The number of carbonyl (C=O) groups excluding carboxylic acids is 1. The van der Waals surface area contributed by atoms with Gasteiger partial charge in [0, 0.05) is 11.8 Å². The molecule has 4 aliphatic rings. The fourth-order valence-corrected chi connectivity index (χ4v) is 6.82. The van der Waals surface area contributed by atoms with E-state index < -0.39 is 5.60 Å². The third-order valence-corrected chi connectivity index (χ3v) is 8.26. The van der Waals surface area contributed by atoms with Crippen LogP contribution in [0.5, 0.6) is 0 Å². The van der Waals surface area contributed by atoms with Crippen LogP contribution in [0.4, 0.5) is 0 Å². The van der Waals surface area contributed by atoms with Gasteiger partial charge in [0.25, 0.3) is 0 Å². The van der Waals surface area contributed by atoms with E-state index in [2.05, 4.69) is 12.8 Å². The number of ketones is 1.